The third kappa shape index (κ3) is 6.83. The van der Waals surface area contributed by atoms with Crippen molar-refractivity contribution in [1.82, 2.24) is 9.73 Å². The number of hydrazone groups is 1. The van der Waals surface area contributed by atoms with Crippen molar-refractivity contribution in [2.75, 3.05) is 6.54 Å². The summed E-state index contributed by atoms with van der Waals surface area (Å²) in [7, 11) is -3.88. The summed E-state index contributed by atoms with van der Waals surface area (Å²) in [4.78, 5) is 12.6. The van der Waals surface area contributed by atoms with Crippen molar-refractivity contribution in [2.24, 2.45) is 5.10 Å². The Hall–Kier alpha value is -2.33. The SMILES string of the molecule is O=C(CN(Cc1ccc(Br)cc1)S(=O)(=O)c1ccccc1)N/N=C\c1ccc(Br)cc1. The molecule has 9 heteroatoms. The Morgan fingerprint density at radius 1 is 0.903 bits per heavy atom. The fraction of sp³-hybridized carbons (Fsp3) is 0.0909. The molecule has 0 radical (unpaired) electrons. The number of carbonyl (C=O) groups is 1. The van der Waals surface area contributed by atoms with Crippen LogP contribution >= 0.6 is 31.9 Å². The quantitative estimate of drug-likeness (QED) is 0.322. The van der Waals surface area contributed by atoms with Gasteiger partial charge in [-0.3, -0.25) is 4.79 Å². The Balaban J connectivity index is 1.76. The lowest BCUT2D eigenvalue weighted by atomic mass is 10.2. The average Bonchev–Trinajstić information content (AvgIpc) is 2.77. The topological polar surface area (TPSA) is 78.8 Å². The van der Waals surface area contributed by atoms with E-state index in [0.717, 1.165) is 24.4 Å². The van der Waals surface area contributed by atoms with E-state index < -0.39 is 15.9 Å². The normalized spacial score (nSPS) is 11.7. The first-order chi connectivity index (χ1) is 14.8. The van der Waals surface area contributed by atoms with Gasteiger partial charge in [-0.25, -0.2) is 13.8 Å². The van der Waals surface area contributed by atoms with Gasteiger partial charge in [-0.05, 0) is 47.5 Å². The van der Waals surface area contributed by atoms with Crippen LogP contribution in [0.5, 0.6) is 0 Å². The Labute approximate surface area is 198 Å². The average molecular weight is 565 g/mol. The summed E-state index contributed by atoms with van der Waals surface area (Å²) in [6.45, 7) is -0.320. The van der Waals surface area contributed by atoms with Crippen LogP contribution in [0.1, 0.15) is 11.1 Å². The molecule has 31 heavy (non-hydrogen) atoms. The fourth-order valence-electron chi connectivity index (χ4n) is 2.68. The molecule has 0 atom stereocenters. The molecule has 3 aromatic carbocycles. The number of halogens is 2. The number of nitrogens with one attached hydrogen (secondary N) is 1. The van der Waals surface area contributed by atoms with Crippen LogP contribution in [-0.4, -0.2) is 31.4 Å². The molecule has 0 bridgehead atoms. The van der Waals surface area contributed by atoms with Crippen molar-refractivity contribution in [2.45, 2.75) is 11.4 Å². The summed E-state index contributed by atoms with van der Waals surface area (Å²) >= 11 is 6.72. The van der Waals surface area contributed by atoms with Gasteiger partial charge in [0.2, 0.25) is 10.0 Å². The molecular weight excluding hydrogens is 546 g/mol. The van der Waals surface area contributed by atoms with E-state index in [-0.39, 0.29) is 18.0 Å². The summed E-state index contributed by atoms with van der Waals surface area (Å²) in [5.41, 5.74) is 3.96. The minimum atomic E-state index is -3.88. The van der Waals surface area contributed by atoms with E-state index in [2.05, 4.69) is 42.4 Å². The highest BCUT2D eigenvalue weighted by molar-refractivity contribution is 9.10. The lowest BCUT2D eigenvalue weighted by Crippen LogP contribution is -2.39. The van der Waals surface area contributed by atoms with Gasteiger partial charge in [-0.1, -0.05) is 74.3 Å². The number of rotatable bonds is 8. The van der Waals surface area contributed by atoms with Gasteiger partial charge >= 0.3 is 0 Å². The first-order valence-corrected chi connectivity index (χ1v) is 12.2. The number of sulfonamides is 1. The van der Waals surface area contributed by atoms with Crippen LogP contribution in [0.15, 0.2) is 97.8 Å². The number of hydrogen-bond acceptors (Lipinski definition) is 4. The van der Waals surface area contributed by atoms with E-state index in [9.17, 15) is 13.2 Å². The smallest absolute Gasteiger partial charge is 0.255 e. The van der Waals surface area contributed by atoms with Gasteiger partial charge in [0.1, 0.15) is 0 Å². The highest BCUT2D eigenvalue weighted by Gasteiger charge is 2.26. The first-order valence-electron chi connectivity index (χ1n) is 9.22. The highest BCUT2D eigenvalue weighted by Crippen LogP contribution is 2.19. The van der Waals surface area contributed by atoms with Crippen molar-refractivity contribution in [1.29, 1.82) is 0 Å². The highest BCUT2D eigenvalue weighted by atomic mass is 79.9. The molecule has 0 saturated carbocycles. The Bertz CT molecular complexity index is 1150. The molecule has 0 unspecified atom stereocenters. The summed E-state index contributed by atoms with van der Waals surface area (Å²) in [5.74, 6) is -0.537. The lowest BCUT2D eigenvalue weighted by molar-refractivity contribution is -0.121. The van der Waals surface area contributed by atoms with Crippen molar-refractivity contribution in [3.8, 4) is 0 Å². The summed E-state index contributed by atoms with van der Waals surface area (Å²) in [6.07, 6.45) is 1.50. The molecule has 1 N–H and O–H groups in total. The second kappa shape index (κ2) is 10.8. The Kier molecular flexibility index (Phi) is 8.14. The second-order valence-electron chi connectivity index (χ2n) is 6.56. The Morgan fingerprint density at radius 3 is 2.10 bits per heavy atom. The van der Waals surface area contributed by atoms with Gasteiger partial charge in [-0.15, -0.1) is 0 Å². The van der Waals surface area contributed by atoms with Crippen LogP contribution < -0.4 is 5.43 Å². The van der Waals surface area contributed by atoms with E-state index in [1.807, 2.05) is 36.4 Å². The Morgan fingerprint density at radius 2 is 1.48 bits per heavy atom. The largest absolute Gasteiger partial charge is 0.272 e. The molecule has 3 rings (SSSR count). The molecule has 0 heterocycles. The summed E-state index contributed by atoms with van der Waals surface area (Å²) in [6, 6.07) is 22.7. The molecule has 0 aliphatic rings. The number of amides is 1. The maximum atomic E-state index is 13.2. The van der Waals surface area contributed by atoms with Crippen LogP contribution in [0, 0.1) is 0 Å². The molecule has 6 nitrogen and oxygen atoms in total. The molecule has 1 amide bonds. The molecule has 0 fully saturated rings. The number of hydrogen-bond donors (Lipinski definition) is 1. The van der Waals surface area contributed by atoms with E-state index >= 15 is 0 Å². The van der Waals surface area contributed by atoms with E-state index in [1.165, 1.54) is 18.3 Å². The van der Waals surface area contributed by atoms with Gasteiger partial charge in [0, 0.05) is 15.5 Å². The van der Waals surface area contributed by atoms with Crippen LogP contribution in [0.4, 0.5) is 0 Å². The molecule has 3 aromatic rings. The third-order valence-corrected chi connectivity index (χ3v) is 7.11. The lowest BCUT2D eigenvalue weighted by Gasteiger charge is -2.21. The minimum absolute atomic E-state index is 0.0500. The van der Waals surface area contributed by atoms with Crippen LogP contribution in [-0.2, 0) is 21.4 Å². The summed E-state index contributed by atoms with van der Waals surface area (Å²) < 4.78 is 29.3. The van der Waals surface area contributed by atoms with Crippen LogP contribution in [0.3, 0.4) is 0 Å². The van der Waals surface area contributed by atoms with E-state index in [0.29, 0.717) is 0 Å². The van der Waals surface area contributed by atoms with Gasteiger partial charge < -0.3 is 0 Å². The first kappa shape index (κ1) is 23.3. The zero-order valence-corrected chi connectivity index (χ0v) is 20.3. The number of carbonyl (C=O) groups excluding carboxylic acids is 1. The monoisotopic (exact) mass is 563 g/mol. The predicted octanol–water partition coefficient (Wildman–Crippen LogP) is 4.55. The minimum Gasteiger partial charge on any atom is -0.272 e. The van der Waals surface area contributed by atoms with Crippen molar-refractivity contribution >= 4 is 54.0 Å². The molecule has 0 aliphatic heterocycles. The van der Waals surface area contributed by atoms with Gasteiger partial charge in [0.05, 0.1) is 17.7 Å². The molecule has 160 valence electrons. The molecular formula is C22H19Br2N3O3S. The second-order valence-corrected chi connectivity index (χ2v) is 10.3. The van der Waals surface area contributed by atoms with Crippen molar-refractivity contribution < 1.29 is 13.2 Å². The zero-order chi connectivity index (χ0) is 22.3. The zero-order valence-electron chi connectivity index (χ0n) is 16.3. The van der Waals surface area contributed by atoms with Crippen LogP contribution in [0.25, 0.3) is 0 Å². The standard InChI is InChI=1S/C22H19Br2N3O3S/c23-19-10-6-17(7-11-19)14-25-26-22(28)16-27(15-18-8-12-20(24)13-9-18)31(29,30)21-4-2-1-3-5-21/h1-14H,15-16H2,(H,26,28)/b25-14-. The molecule has 0 saturated heterocycles. The molecule has 0 aliphatic carbocycles. The van der Waals surface area contributed by atoms with Gasteiger partial charge in [0.25, 0.3) is 5.91 Å². The third-order valence-electron chi connectivity index (χ3n) is 4.25. The van der Waals surface area contributed by atoms with Crippen molar-refractivity contribution in [3.63, 3.8) is 0 Å². The van der Waals surface area contributed by atoms with Gasteiger partial charge in [-0.2, -0.15) is 9.41 Å². The van der Waals surface area contributed by atoms with Gasteiger partial charge in [0.15, 0.2) is 0 Å². The van der Waals surface area contributed by atoms with Crippen LogP contribution in [0.2, 0.25) is 0 Å². The summed E-state index contributed by atoms with van der Waals surface area (Å²) in [5, 5.41) is 3.93. The number of nitrogens with zero attached hydrogens (tertiary/aromatic N) is 2. The molecule has 0 spiro atoms. The maximum Gasteiger partial charge on any atom is 0.255 e. The molecule has 0 aromatic heterocycles. The van der Waals surface area contributed by atoms with E-state index in [1.54, 1.807) is 30.3 Å². The predicted molar refractivity (Wildman–Crippen MR) is 128 cm³/mol. The van der Waals surface area contributed by atoms with Crippen molar-refractivity contribution in [3.05, 3.63) is 98.9 Å². The fourth-order valence-corrected chi connectivity index (χ4v) is 4.62. The maximum absolute atomic E-state index is 13.2. The van der Waals surface area contributed by atoms with E-state index in [4.69, 9.17) is 0 Å². The number of benzene rings is 3.